The third-order valence-electron chi connectivity index (χ3n) is 2.23. The minimum Gasteiger partial charge on any atom is -0.393 e. The summed E-state index contributed by atoms with van der Waals surface area (Å²) >= 11 is 4.94. The van der Waals surface area contributed by atoms with E-state index in [2.05, 4.69) is 17.0 Å². The summed E-state index contributed by atoms with van der Waals surface area (Å²) in [5, 5.41) is 0. The Bertz CT molecular complexity index is 297. The molecule has 0 amide bonds. The number of para-hydroxylation sites is 1. The first-order valence-electron chi connectivity index (χ1n) is 4.66. The van der Waals surface area contributed by atoms with E-state index in [0.29, 0.717) is 4.99 Å². The summed E-state index contributed by atoms with van der Waals surface area (Å²) in [5.74, 6) is 0.246. The smallest absolute Gasteiger partial charge is 0.0773 e. The molecule has 0 spiro atoms. The highest BCUT2D eigenvalue weighted by molar-refractivity contribution is 7.80. The molecule has 76 valence electrons. The Morgan fingerprint density at radius 2 is 2.00 bits per heavy atom. The number of anilines is 1. The van der Waals surface area contributed by atoms with E-state index in [0.717, 1.165) is 6.54 Å². The highest BCUT2D eigenvalue weighted by Gasteiger charge is 2.08. The highest BCUT2D eigenvalue weighted by Crippen LogP contribution is 2.12. The van der Waals surface area contributed by atoms with Crippen molar-refractivity contribution in [3.8, 4) is 0 Å². The Morgan fingerprint density at radius 1 is 1.43 bits per heavy atom. The van der Waals surface area contributed by atoms with Crippen LogP contribution in [0.5, 0.6) is 0 Å². The standard InChI is InChI=1S/C11H16N2S/c1-9(11(12)14)8-13(2)10-6-4-3-5-7-10/h3-7,9H,8H2,1-2H3,(H2,12,14). The maximum atomic E-state index is 5.57. The third kappa shape index (κ3) is 3.00. The Hall–Kier alpha value is -1.09. The molecule has 0 saturated carbocycles. The molecule has 1 rings (SSSR count). The van der Waals surface area contributed by atoms with E-state index in [4.69, 9.17) is 18.0 Å². The highest BCUT2D eigenvalue weighted by atomic mass is 32.1. The van der Waals surface area contributed by atoms with Crippen LogP contribution in [0.4, 0.5) is 5.69 Å². The monoisotopic (exact) mass is 208 g/mol. The predicted octanol–water partition coefficient (Wildman–Crippen LogP) is 2.04. The number of nitrogens with two attached hydrogens (primary N) is 1. The van der Waals surface area contributed by atoms with Crippen molar-refractivity contribution in [3.05, 3.63) is 30.3 Å². The van der Waals surface area contributed by atoms with E-state index in [9.17, 15) is 0 Å². The van der Waals surface area contributed by atoms with Crippen LogP contribution in [0.25, 0.3) is 0 Å². The van der Waals surface area contributed by atoms with Crippen molar-refractivity contribution in [1.82, 2.24) is 0 Å². The van der Waals surface area contributed by atoms with Gasteiger partial charge in [0.1, 0.15) is 0 Å². The molecule has 1 atom stereocenters. The molecule has 1 unspecified atom stereocenters. The van der Waals surface area contributed by atoms with Gasteiger partial charge >= 0.3 is 0 Å². The Kier molecular flexibility index (Phi) is 3.89. The van der Waals surface area contributed by atoms with E-state index < -0.39 is 0 Å². The van der Waals surface area contributed by atoms with Gasteiger partial charge in [-0.2, -0.15) is 0 Å². The summed E-state index contributed by atoms with van der Waals surface area (Å²) in [7, 11) is 2.05. The van der Waals surface area contributed by atoms with Crippen molar-refractivity contribution < 1.29 is 0 Å². The van der Waals surface area contributed by atoms with Crippen LogP contribution in [-0.4, -0.2) is 18.6 Å². The van der Waals surface area contributed by atoms with Crippen molar-refractivity contribution in [2.45, 2.75) is 6.92 Å². The number of rotatable bonds is 4. The fourth-order valence-electron chi connectivity index (χ4n) is 1.29. The van der Waals surface area contributed by atoms with E-state index in [1.807, 2.05) is 32.2 Å². The van der Waals surface area contributed by atoms with Crippen molar-refractivity contribution in [3.63, 3.8) is 0 Å². The van der Waals surface area contributed by atoms with Crippen LogP contribution in [0.1, 0.15) is 6.92 Å². The van der Waals surface area contributed by atoms with E-state index >= 15 is 0 Å². The number of hydrogen-bond acceptors (Lipinski definition) is 2. The molecule has 0 aromatic heterocycles. The largest absolute Gasteiger partial charge is 0.393 e. The van der Waals surface area contributed by atoms with E-state index in [1.165, 1.54) is 5.69 Å². The molecule has 0 radical (unpaired) electrons. The molecule has 0 heterocycles. The Balaban J connectivity index is 2.59. The second kappa shape index (κ2) is 4.96. The molecule has 2 N–H and O–H groups in total. The summed E-state index contributed by atoms with van der Waals surface area (Å²) in [4.78, 5) is 2.73. The maximum Gasteiger partial charge on any atom is 0.0773 e. The summed E-state index contributed by atoms with van der Waals surface area (Å²) in [6, 6.07) is 10.2. The second-order valence-corrected chi connectivity index (χ2v) is 3.99. The summed E-state index contributed by atoms with van der Waals surface area (Å²) in [6.07, 6.45) is 0. The molecular formula is C11H16N2S. The van der Waals surface area contributed by atoms with Gasteiger partial charge < -0.3 is 10.6 Å². The lowest BCUT2D eigenvalue weighted by Gasteiger charge is -2.22. The van der Waals surface area contributed by atoms with Gasteiger partial charge in [0.25, 0.3) is 0 Å². The molecule has 0 fully saturated rings. The minimum atomic E-state index is 0.246. The van der Waals surface area contributed by atoms with Gasteiger partial charge in [-0.15, -0.1) is 0 Å². The van der Waals surface area contributed by atoms with Gasteiger partial charge in [-0.25, -0.2) is 0 Å². The predicted molar refractivity (Wildman–Crippen MR) is 65.7 cm³/mol. The van der Waals surface area contributed by atoms with Crippen LogP contribution in [0.2, 0.25) is 0 Å². The van der Waals surface area contributed by atoms with Gasteiger partial charge in [-0.1, -0.05) is 37.3 Å². The average molecular weight is 208 g/mol. The molecule has 1 aromatic carbocycles. The van der Waals surface area contributed by atoms with Gasteiger partial charge in [-0.05, 0) is 12.1 Å². The zero-order valence-corrected chi connectivity index (χ0v) is 9.42. The SMILES string of the molecule is CC(CN(C)c1ccccc1)C(N)=S. The van der Waals surface area contributed by atoms with Crippen molar-refractivity contribution in [1.29, 1.82) is 0 Å². The summed E-state index contributed by atoms with van der Waals surface area (Å²) < 4.78 is 0. The zero-order chi connectivity index (χ0) is 10.6. The van der Waals surface area contributed by atoms with Crippen molar-refractivity contribution in [2.24, 2.45) is 11.7 Å². The second-order valence-electron chi connectivity index (χ2n) is 3.52. The van der Waals surface area contributed by atoms with Gasteiger partial charge in [0.2, 0.25) is 0 Å². The number of benzene rings is 1. The quantitative estimate of drug-likeness (QED) is 0.768. The summed E-state index contributed by atoms with van der Waals surface area (Å²) in [6.45, 7) is 2.90. The van der Waals surface area contributed by atoms with Gasteiger partial charge in [0.05, 0.1) is 4.99 Å². The normalized spacial score (nSPS) is 12.1. The first kappa shape index (κ1) is 11.0. The third-order valence-corrected chi connectivity index (χ3v) is 2.63. The molecule has 0 aliphatic heterocycles. The lowest BCUT2D eigenvalue weighted by atomic mass is 10.1. The van der Waals surface area contributed by atoms with Crippen molar-refractivity contribution in [2.75, 3.05) is 18.5 Å². The number of nitrogens with zero attached hydrogens (tertiary/aromatic N) is 1. The average Bonchev–Trinajstić information content (AvgIpc) is 2.19. The van der Waals surface area contributed by atoms with Gasteiger partial charge in [-0.3, -0.25) is 0 Å². The van der Waals surface area contributed by atoms with Crippen LogP contribution in [0.15, 0.2) is 30.3 Å². The van der Waals surface area contributed by atoms with Crippen LogP contribution < -0.4 is 10.6 Å². The van der Waals surface area contributed by atoms with Crippen molar-refractivity contribution >= 4 is 22.9 Å². The molecule has 0 saturated heterocycles. The van der Waals surface area contributed by atoms with E-state index in [1.54, 1.807) is 0 Å². The molecule has 2 nitrogen and oxygen atoms in total. The summed E-state index contributed by atoms with van der Waals surface area (Å²) in [5.41, 5.74) is 6.76. The van der Waals surface area contributed by atoms with Crippen LogP contribution in [0.3, 0.4) is 0 Å². The number of thiocarbonyl (C=S) groups is 1. The van der Waals surface area contributed by atoms with Gasteiger partial charge in [0.15, 0.2) is 0 Å². The van der Waals surface area contributed by atoms with Crippen LogP contribution in [-0.2, 0) is 0 Å². The van der Waals surface area contributed by atoms with Crippen LogP contribution >= 0.6 is 12.2 Å². The Morgan fingerprint density at radius 3 is 2.50 bits per heavy atom. The molecule has 1 aromatic rings. The lowest BCUT2D eigenvalue weighted by Crippen LogP contribution is -2.31. The van der Waals surface area contributed by atoms with Gasteiger partial charge in [0, 0.05) is 25.2 Å². The maximum absolute atomic E-state index is 5.57. The fourth-order valence-corrected chi connectivity index (χ4v) is 1.36. The van der Waals surface area contributed by atoms with Crippen LogP contribution in [0, 0.1) is 5.92 Å². The molecule has 0 aliphatic rings. The Labute approximate surface area is 90.7 Å². The molecule has 0 bridgehead atoms. The lowest BCUT2D eigenvalue weighted by molar-refractivity contribution is 0.742. The topological polar surface area (TPSA) is 29.3 Å². The molecule has 14 heavy (non-hydrogen) atoms. The first-order chi connectivity index (χ1) is 6.61. The molecular weight excluding hydrogens is 192 g/mol. The van der Waals surface area contributed by atoms with E-state index in [-0.39, 0.29) is 5.92 Å². The zero-order valence-electron chi connectivity index (χ0n) is 8.60. The molecule has 3 heteroatoms. The first-order valence-corrected chi connectivity index (χ1v) is 5.07. The molecule has 0 aliphatic carbocycles. The number of hydrogen-bond donors (Lipinski definition) is 1. The fraction of sp³-hybridized carbons (Fsp3) is 0.364. The minimum absolute atomic E-state index is 0.246.